The van der Waals surface area contributed by atoms with Gasteiger partial charge in [-0.2, -0.15) is 0 Å². The normalized spacial score (nSPS) is 28.6. The number of allylic oxidation sites excluding steroid dienone is 2. The van der Waals surface area contributed by atoms with Crippen LogP contribution in [-0.2, 0) is 4.79 Å². The average Bonchev–Trinajstić information content (AvgIpc) is 2.93. The highest BCUT2D eigenvalue weighted by Gasteiger charge is 2.35. The van der Waals surface area contributed by atoms with Crippen LogP contribution in [0.25, 0.3) is 0 Å². The van der Waals surface area contributed by atoms with E-state index >= 15 is 0 Å². The van der Waals surface area contributed by atoms with E-state index in [0.717, 1.165) is 17.1 Å². The first-order chi connectivity index (χ1) is 8.70. The van der Waals surface area contributed by atoms with E-state index in [1.165, 1.54) is 24.7 Å². The van der Waals surface area contributed by atoms with Gasteiger partial charge in [0.25, 0.3) is 0 Å². The van der Waals surface area contributed by atoms with Crippen LogP contribution < -0.4 is 4.74 Å². The Morgan fingerprint density at radius 1 is 1.22 bits per heavy atom. The number of carbonyl (C=O) groups is 1. The lowest BCUT2D eigenvalue weighted by molar-refractivity contribution is -0.131. The highest BCUT2D eigenvalue weighted by atomic mass is 32.2. The number of ether oxygens (including phenoxy) is 1. The molecule has 2 nitrogen and oxygen atoms in total. The fourth-order valence-corrected chi connectivity index (χ4v) is 4.16. The summed E-state index contributed by atoms with van der Waals surface area (Å²) in [6.45, 7) is 1.42. The van der Waals surface area contributed by atoms with Crippen molar-refractivity contribution < 1.29 is 9.53 Å². The van der Waals surface area contributed by atoms with Gasteiger partial charge in [0.2, 0.25) is 0 Å². The number of carbonyl (C=O) groups excluding carboxylic acids is 1. The summed E-state index contributed by atoms with van der Waals surface area (Å²) in [6.07, 6.45) is 7.38. The molecule has 2 bridgehead atoms. The van der Waals surface area contributed by atoms with Crippen molar-refractivity contribution >= 4 is 17.7 Å². The number of thioether (sulfide) groups is 1. The zero-order chi connectivity index (χ0) is 12.5. The summed E-state index contributed by atoms with van der Waals surface area (Å²) < 4.78 is 5.03. The largest absolute Gasteiger partial charge is 0.427 e. The molecule has 0 spiro atoms. The summed E-state index contributed by atoms with van der Waals surface area (Å²) in [7, 11) is 0. The van der Waals surface area contributed by atoms with E-state index in [9.17, 15) is 4.79 Å². The molecule has 1 aromatic carbocycles. The fourth-order valence-electron chi connectivity index (χ4n) is 2.79. The molecule has 2 aliphatic rings. The Morgan fingerprint density at radius 2 is 2.00 bits per heavy atom. The molecular formula is C15H16O2S. The van der Waals surface area contributed by atoms with Crippen molar-refractivity contribution in [2.45, 2.75) is 29.9 Å². The minimum atomic E-state index is -0.270. The third-order valence-electron chi connectivity index (χ3n) is 3.59. The van der Waals surface area contributed by atoms with Crippen molar-refractivity contribution in [2.24, 2.45) is 11.8 Å². The zero-order valence-electron chi connectivity index (χ0n) is 10.3. The van der Waals surface area contributed by atoms with Crippen LogP contribution in [0.4, 0.5) is 0 Å². The molecule has 2 aliphatic carbocycles. The Hall–Kier alpha value is -1.22. The van der Waals surface area contributed by atoms with Gasteiger partial charge in [0.1, 0.15) is 5.75 Å². The first-order valence-corrected chi connectivity index (χ1v) is 7.22. The second-order valence-electron chi connectivity index (χ2n) is 5.00. The van der Waals surface area contributed by atoms with Gasteiger partial charge < -0.3 is 4.74 Å². The van der Waals surface area contributed by atoms with Gasteiger partial charge in [0.05, 0.1) is 0 Å². The van der Waals surface area contributed by atoms with Gasteiger partial charge in [-0.15, -0.1) is 11.8 Å². The molecule has 0 saturated heterocycles. The number of hydrogen-bond donors (Lipinski definition) is 0. The van der Waals surface area contributed by atoms with Gasteiger partial charge >= 0.3 is 5.97 Å². The molecule has 94 valence electrons. The molecule has 3 unspecified atom stereocenters. The first-order valence-electron chi connectivity index (χ1n) is 6.34. The molecule has 0 aromatic heterocycles. The van der Waals surface area contributed by atoms with Crippen LogP contribution in [-0.4, -0.2) is 11.2 Å². The molecule has 3 atom stereocenters. The molecule has 0 radical (unpaired) electrons. The summed E-state index contributed by atoms with van der Waals surface area (Å²) >= 11 is 1.95. The van der Waals surface area contributed by atoms with E-state index in [4.69, 9.17) is 4.74 Å². The topological polar surface area (TPSA) is 26.3 Å². The standard InChI is InChI=1S/C15H16O2S/c1-10(16)17-13-4-6-14(7-5-13)18-15-9-11-2-3-12(15)8-11/h2-7,11-12,15H,8-9H2,1H3. The van der Waals surface area contributed by atoms with Gasteiger partial charge in [-0.3, -0.25) is 4.79 Å². The average molecular weight is 260 g/mol. The summed E-state index contributed by atoms with van der Waals surface area (Å²) in [4.78, 5) is 12.1. The third kappa shape index (κ3) is 2.46. The lowest BCUT2D eigenvalue weighted by atomic mass is 10.1. The van der Waals surface area contributed by atoms with Crippen molar-refractivity contribution in [1.82, 2.24) is 0 Å². The van der Waals surface area contributed by atoms with Gasteiger partial charge in [0, 0.05) is 17.1 Å². The Labute approximate surface area is 111 Å². The predicted molar refractivity (Wildman–Crippen MR) is 72.8 cm³/mol. The maximum Gasteiger partial charge on any atom is 0.308 e. The van der Waals surface area contributed by atoms with Crippen LogP contribution in [0.1, 0.15) is 19.8 Å². The third-order valence-corrected chi connectivity index (χ3v) is 4.98. The summed E-state index contributed by atoms with van der Waals surface area (Å²) in [5.74, 6) is 1.93. The molecule has 0 heterocycles. The van der Waals surface area contributed by atoms with E-state index in [0.29, 0.717) is 5.75 Å². The minimum absolute atomic E-state index is 0.270. The van der Waals surface area contributed by atoms with E-state index in [2.05, 4.69) is 12.2 Å². The first kappa shape index (κ1) is 11.8. The Kier molecular flexibility index (Phi) is 3.16. The van der Waals surface area contributed by atoms with Crippen molar-refractivity contribution in [2.75, 3.05) is 0 Å². The molecule has 3 rings (SSSR count). The molecule has 0 amide bonds. The SMILES string of the molecule is CC(=O)Oc1ccc(SC2CC3C=CC2C3)cc1. The van der Waals surface area contributed by atoms with Gasteiger partial charge in [-0.1, -0.05) is 12.2 Å². The Bertz CT molecular complexity index is 478. The van der Waals surface area contributed by atoms with Crippen LogP contribution >= 0.6 is 11.8 Å². The Balaban J connectivity index is 1.63. The lowest BCUT2D eigenvalue weighted by Crippen LogP contribution is -2.08. The maximum absolute atomic E-state index is 10.8. The van der Waals surface area contributed by atoms with Crippen molar-refractivity contribution in [1.29, 1.82) is 0 Å². The molecule has 3 heteroatoms. The van der Waals surface area contributed by atoms with Crippen LogP contribution in [0, 0.1) is 11.8 Å². The van der Waals surface area contributed by atoms with E-state index < -0.39 is 0 Å². The van der Waals surface area contributed by atoms with E-state index in [1.807, 2.05) is 36.0 Å². The number of hydrogen-bond acceptors (Lipinski definition) is 3. The van der Waals surface area contributed by atoms with Gasteiger partial charge in [-0.25, -0.2) is 0 Å². The van der Waals surface area contributed by atoms with Gasteiger partial charge in [0.15, 0.2) is 0 Å². The summed E-state index contributed by atoms with van der Waals surface area (Å²) in [5.41, 5.74) is 0. The predicted octanol–water partition coefficient (Wildman–Crippen LogP) is 3.67. The highest BCUT2D eigenvalue weighted by molar-refractivity contribution is 8.00. The second-order valence-corrected chi connectivity index (χ2v) is 6.31. The highest BCUT2D eigenvalue weighted by Crippen LogP contribution is 2.47. The van der Waals surface area contributed by atoms with Crippen LogP contribution in [0.15, 0.2) is 41.3 Å². The van der Waals surface area contributed by atoms with Crippen LogP contribution in [0.2, 0.25) is 0 Å². The fraction of sp³-hybridized carbons (Fsp3) is 0.400. The molecule has 1 fully saturated rings. The van der Waals surface area contributed by atoms with Crippen LogP contribution in [0.5, 0.6) is 5.75 Å². The molecule has 0 N–H and O–H groups in total. The monoisotopic (exact) mass is 260 g/mol. The smallest absolute Gasteiger partial charge is 0.308 e. The number of rotatable bonds is 3. The molecule has 0 aliphatic heterocycles. The lowest BCUT2D eigenvalue weighted by Gasteiger charge is -2.17. The quantitative estimate of drug-likeness (QED) is 0.471. The molecule has 18 heavy (non-hydrogen) atoms. The summed E-state index contributed by atoms with van der Waals surface area (Å²) in [6, 6.07) is 7.82. The Morgan fingerprint density at radius 3 is 2.56 bits per heavy atom. The zero-order valence-corrected chi connectivity index (χ0v) is 11.2. The van der Waals surface area contributed by atoms with Crippen LogP contribution in [0.3, 0.4) is 0 Å². The number of benzene rings is 1. The van der Waals surface area contributed by atoms with Crippen molar-refractivity contribution in [3.8, 4) is 5.75 Å². The van der Waals surface area contributed by atoms with Crippen molar-refractivity contribution in [3.05, 3.63) is 36.4 Å². The number of fused-ring (bicyclic) bond motifs is 2. The maximum atomic E-state index is 10.8. The molecule has 1 aromatic rings. The van der Waals surface area contributed by atoms with Crippen molar-refractivity contribution in [3.63, 3.8) is 0 Å². The van der Waals surface area contributed by atoms with E-state index in [-0.39, 0.29) is 5.97 Å². The minimum Gasteiger partial charge on any atom is -0.427 e. The van der Waals surface area contributed by atoms with E-state index in [1.54, 1.807) is 0 Å². The number of esters is 1. The summed E-state index contributed by atoms with van der Waals surface area (Å²) in [5, 5.41) is 0.722. The second kappa shape index (κ2) is 4.81. The van der Waals surface area contributed by atoms with Gasteiger partial charge in [-0.05, 0) is 48.9 Å². The molecule has 1 saturated carbocycles. The molecular weight excluding hydrogens is 244 g/mol.